The Morgan fingerprint density at radius 2 is 1.60 bits per heavy atom. The minimum absolute atomic E-state index is 0.0211. The van der Waals surface area contributed by atoms with E-state index in [0.29, 0.717) is 18.0 Å². The largest absolute Gasteiger partial charge is 0.508 e. The zero-order valence-corrected chi connectivity index (χ0v) is 16.8. The van der Waals surface area contributed by atoms with E-state index in [9.17, 15) is 9.90 Å². The highest BCUT2D eigenvalue weighted by Crippen LogP contribution is 2.28. The van der Waals surface area contributed by atoms with Gasteiger partial charge in [-0.2, -0.15) is 0 Å². The first kappa shape index (κ1) is 19.8. The predicted octanol–water partition coefficient (Wildman–Crippen LogP) is 2.53. The summed E-state index contributed by atoms with van der Waals surface area (Å²) in [7, 11) is 0. The monoisotopic (exact) mass is 404 g/mol. The molecule has 3 aromatic rings. The number of hydrogen-bond donors (Lipinski definition) is 3. The molecular weight excluding hydrogens is 378 g/mol. The van der Waals surface area contributed by atoms with Crippen LogP contribution in [0.5, 0.6) is 17.2 Å². The maximum Gasteiger partial charge on any atom is 0.279 e. The van der Waals surface area contributed by atoms with Gasteiger partial charge in [0.25, 0.3) is 5.91 Å². The Hall–Kier alpha value is -3.51. The van der Waals surface area contributed by atoms with Crippen LogP contribution in [0.15, 0.2) is 78.9 Å². The number of aromatic hydroxyl groups is 1. The summed E-state index contributed by atoms with van der Waals surface area (Å²) in [5.41, 5.74) is 1.77. The second-order valence-corrected chi connectivity index (χ2v) is 7.39. The number of nitrogens with zero attached hydrogens (tertiary/aromatic N) is 1. The van der Waals surface area contributed by atoms with E-state index in [0.717, 1.165) is 37.6 Å². The van der Waals surface area contributed by atoms with Crippen molar-refractivity contribution in [2.75, 3.05) is 42.9 Å². The van der Waals surface area contributed by atoms with Gasteiger partial charge in [-0.1, -0.05) is 30.3 Å². The highest BCUT2D eigenvalue weighted by atomic mass is 16.5. The number of phenolic OH excluding ortho intramolecular Hbond substituents is 1. The standard InChI is InChI=1S/C24H25N3O3/c28-20-12-10-19(11-13-20)27-16-14-26(15-17-27)18-24(29)25-22-8-4-5-9-23(22)30-21-6-2-1-3-7-21/h1-13,28H,14-18H2,(H,25,29)/p+1. The van der Waals surface area contributed by atoms with Crippen LogP contribution in [0.25, 0.3) is 0 Å². The van der Waals surface area contributed by atoms with Crippen LogP contribution < -0.4 is 19.9 Å². The lowest BCUT2D eigenvalue weighted by atomic mass is 10.2. The molecule has 0 aliphatic carbocycles. The third-order valence-electron chi connectivity index (χ3n) is 5.23. The molecule has 1 aliphatic rings. The molecule has 30 heavy (non-hydrogen) atoms. The lowest BCUT2D eigenvalue weighted by Gasteiger charge is -2.33. The average molecular weight is 404 g/mol. The zero-order chi connectivity index (χ0) is 20.8. The lowest BCUT2D eigenvalue weighted by Crippen LogP contribution is -3.15. The Morgan fingerprint density at radius 3 is 2.33 bits per heavy atom. The molecule has 1 heterocycles. The molecule has 1 saturated heterocycles. The van der Waals surface area contributed by atoms with Gasteiger partial charge in [0, 0.05) is 5.69 Å². The molecule has 0 spiro atoms. The Morgan fingerprint density at radius 1 is 0.933 bits per heavy atom. The van der Waals surface area contributed by atoms with Gasteiger partial charge in [0.1, 0.15) is 11.5 Å². The van der Waals surface area contributed by atoms with Gasteiger partial charge >= 0.3 is 0 Å². The number of hydrogen-bond acceptors (Lipinski definition) is 4. The number of nitrogens with one attached hydrogen (secondary N) is 2. The molecule has 3 aromatic carbocycles. The minimum atomic E-state index is -0.0211. The van der Waals surface area contributed by atoms with E-state index in [1.807, 2.05) is 66.7 Å². The van der Waals surface area contributed by atoms with Crippen molar-refractivity contribution in [3.8, 4) is 17.2 Å². The first-order valence-electron chi connectivity index (χ1n) is 10.2. The normalized spacial score (nSPS) is 14.3. The second-order valence-electron chi connectivity index (χ2n) is 7.39. The van der Waals surface area contributed by atoms with E-state index in [2.05, 4.69) is 10.2 Å². The van der Waals surface area contributed by atoms with Crippen molar-refractivity contribution in [2.45, 2.75) is 0 Å². The molecule has 1 aliphatic heterocycles. The van der Waals surface area contributed by atoms with Crippen LogP contribution in [-0.2, 0) is 4.79 Å². The van der Waals surface area contributed by atoms with Gasteiger partial charge in [-0.3, -0.25) is 4.79 Å². The van der Waals surface area contributed by atoms with Crippen LogP contribution in [0.1, 0.15) is 0 Å². The van der Waals surface area contributed by atoms with E-state index >= 15 is 0 Å². The van der Waals surface area contributed by atoms with Crippen LogP contribution in [0.3, 0.4) is 0 Å². The average Bonchev–Trinajstić information content (AvgIpc) is 2.77. The number of amides is 1. The van der Waals surface area contributed by atoms with Crippen molar-refractivity contribution >= 4 is 17.3 Å². The molecule has 1 amide bonds. The summed E-state index contributed by atoms with van der Waals surface area (Å²) in [4.78, 5) is 16.2. The molecule has 6 nitrogen and oxygen atoms in total. The number of ether oxygens (including phenoxy) is 1. The molecule has 1 fully saturated rings. The highest BCUT2D eigenvalue weighted by Gasteiger charge is 2.23. The molecule has 0 atom stereocenters. The molecule has 0 aromatic heterocycles. The molecular formula is C24H26N3O3+. The number of phenols is 1. The quantitative estimate of drug-likeness (QED) is 0.591. The van der Waals surface area contributed by atoms with Crippen LogP contribution in [0.2, 0.25) is 0 Å². The minimum Gasteiger partial charge on any atom is -0.508 e. The molecule has 4 rings (SSSR count). The molecule has 6 heteroatoms. The third kappa shape index (κ3) is 5.10. The molecule has 0 bridgehead atoms. The first-order valence-corrected chi connectivity index (χ1v) is 10.2. The topological polar surface area (TPSA) is 66.2 Å². The third-order valence-corrected chi connectivity index (χ3v) is 5.23. The van der Waals surface area contributed by atoms with E-state index < -0.39 is 0 Å². The van der Waals surface area contributed by atoms with E-state index in [1.54, 1.807) is 12.1 Å². The van der Waals surface area contributed by atoms with Gasteiger partial charge in [-0.05, 0) is 48.5 Å². The predicted molar refractivity (Wildman–Crippen MR) is 117 cm³/mol. The van der Waals surface area contributed by atoms with Crippen molar-refractivity contribution in [1.82, 2.24) is 0 Å². The number of benzene rings is 3. The summed E-state index contributed by atoms with van der Waals surface area (Å²) in [6.07, 6.45) is 0. The van der Waals surface area contributed by atoms with Gasteiger partial charge in [-0.25, -0.2) is 0 Å². The molecule has 0 radical (unpaired) electrons. The van der Waals surface area contributed by atoms with Crippen molar-refractivity contribution in [1.29, 1.82) is 0 Å². The maximum absolute atomic E-state index is 12.6. The van der Waals surface area contributed by atoms with Crippen molar-refractivity contribution in [3.63, 3.8) is 0 Å². The fourth-order valence-corrected chi connectivity index (χ4v) is 3.62. The van der Waals surface area contributed by atoms with Crippen LogP contribution in [-0.4, -0.2) is 43.7 Å². The van der Waals surface area contributed by atoms with Gasteiger partial charge < -0.3 is 25.0 Å². The second kappa shape index (κ2) is 9.33. The Labute approximate surface area is 176 Å². The fraction of sp³-hybridized carbons (Fsp3) is 0.208. The Kier molecular flexibility index (Phi) is 6.15. The number of para-hydroxylation sites is 3. The van der Waals surface area contributed by atoms with Crippen LogP contribution >= 0.6 is 0 Å². The van der Waals surface area contributed by atoms with Gasteiger partial charge in [0.2, 0.25) is 0 Å². The zero-order valence-electron chi connectivity index (χ0n) is 16.8. The highest BCUT2D eigenvalue weighted by molar-refractivity contribution is 5.93. The van der Waals surface area contributed by atoms with Crippen molar-refractivity contribution in [2.24, 2.45) is 0 Å². The number of rotatable bonds is 6. The fourth-order valence-electron chi connectivity index (χ4n) is 3.62. The smallest absolute Gasteiger partial charge is 0.279 e. The summed E-state index contributed by atoms with van der Waals surface area (Å²) < 4.78 is 5.93. The summed E-state index contributed by atoms with van der Waals surface area (Å²) in [6, 6.07) is 24.3. The summed E-state index contributed by atoms with van der Waals surface area (Å²) in [5, 5.41) is 12.4. The van der Waals surface area contributed by atoms with Gasteiger partial charge in [0.15, 0.2) is 12.3 Å². The van der Waals surface area contributed by atoms with Gasteiger partial charge in [0.05, 0.1) is 31.9 Å². The first-order chi connectivity index (χ1) is 14.7. The van der Waals surface area contributed by atoms with Crippen molar-refractivity contribution < 1.29 is 19.5 Å². The number of anilines is 2. The van der Waals surface area contributed by atoms with E-state index in [1.165, 1.54) is 4.90 Å². The molecule has 0 saturated carbocycles. The molecule has 154 valence electrons. The molecule has 0 unspecified atom stereocenters. The number of carbonyl (C=O) groups excluding carboxylic acids is 1. The number of quaternary nitrogens is 1. The maximum atomic E-state index is 12.6. The van der Waals surface area contributed by atoms with Gasteiger partial charge in [-0.15, -0.1) is 0 Å². The van der Waals surface area contributed by atoms with E-state index in [4.69, 9.17) is 4.74 Å². The summed E-state index contributed by atoms with van der Waals surface area (Å²) in [5.74, 6) is 1.61. The number of piperazine rings is 1. The lowest BCUT2D eigenvalue weighted by molar-refractivity contribution is -0.892. The number of carbonyl (C=O) groups is 1. The Bertz CT molecular complexity index is 969. The van der Waals surface area contributed by atoms with E-state index in [-0.39, 0.29) is 11.7 Å². The summed E-state index contributed by atoms with van der Waals surface area (Å²) in [6.45, 7) is 3.94. The van der Waals surface area contributed by atoms with Crippen LogP contribution in [0, 0.1) is 0 Å². The Balaban J connectivity index is 1.31. The SMILES string of the molecule is O=C(C[NH+]1CCN(c2ccc(O)cc2)CC1)Nc1ccccc1Oc1ccccc1. The summed E-state index contributed by atoms with van der Waals surface area (Å²) >= 11 is 0. The van der Waals surface area contributed by atoms with Crippen LogP contribution in [0.4, 0.5) is 11.4 Å². The molecule has 3 N–H and O–H groups in total. The van der Waals surface area contributed by atoms with Crippen molar-refractivity contribution in [3.05, 3.63) is 78.9 Å².